The summed E-state index contributed by atoms with van der Waals surface area (Å²) in [7, 11) is 0. The first-order chi connectivity index (χ1) is 3.18. The molecule has 0 bridgehead atoms. The third-order valence-corrected chi connectivity index (χ3v) is 0.838. The Kier molecular flexibility index (Phi) is 2.45. The molecule has 0 aliphatic rings. The van der Waals surface area contributed by atoms with Gasteiger partial charge in [-0.1, -0.05) is 17.7 Å². The van der Waals surface area contributed by atoms with Crippen LogP contribution in [0.2, 0.25) is 0 Å². The van der Waals surface area contributed by atoms with Crippen molar-refractivity contribution in [3.05, 3.63) is 11.1 Å². The summed E-state index contributed by atoms with van der Waals surface area (Å²) in [6.45, 7) is 1.57. The van der Waals surface area contributed by atoms with Crippen LogP contribution in [0.5, 0.6) is 0 Å². The van der Waals surface area contributed by atoms with Crippen LogP contribution in [-0.2, 0) is 4.79 Å². The molecule has 0 aliphatic heterocycles. The molecule has 1 N–H and O–H groups in total. The van der Waals surface area contributed by atoms with Gasteiger partial charge in [0.2, 0.25) is 0 Å². The lowest BCUT2D eigenvalue weighted by atomic mass is 10.5. The van der Waals surface area contributed by atoms with Crippen molar-refractivity contribution >= 4 is 17.6 Å². The third kappa shape index (κ3) is 2.23. The first kappa shape index (κ1) is 6.50. The molecule has 2 nitrogen and oxygen atoms in total. The minimum Gasteiger partial charge on any atom is -0.477 e. The second kappa shape index (κ2) is 2.64. The van der Waals surface area contributed by atoms with Crippen molar-refractivity contribution in [3.63, 3.8) is 0 Å². The maximum atomic E-state index is 9.73. The Bertz CT molecular complexity index is 106. The number of aliphatic carboxylic acids is 1. The van der Waals surface area contributed by atoms with Gasteiger partial charge in [-0.15, -0.1) is 0 Å². The molecule has 3 heteroatoms. The zero-order valence-electron chi connectivity index (χ0n) is 3.81. The van der Waals surface area contributed by atoms with E-state index in [0.717, 1.165) is 0 Å². The topological polar surface area (TPSA) is 37.3 Å². The molecule has 0 rings (SSSR count). The highest BCUT2D eigenvalue weighted by molar-refractivity contribution is 6.40. The first-order valence-electron chi connectivity index (χ1n) is 1.73. The minimum absolute atomic E-state index is 0.139. The standard InChI is InChI=1S/C4H5ClO2/c1-2-3(5)4(6)7/h2H,1H3,(H,6,7). The quantitative estimate of drug-likeness (QED) is 0.528. The lowest BCUT2D eigenvalue weighted by Gasteiger charge is -1.81. The van der Waals surface area contributed by atoms with Crippen LogP contribution in [-0.4, -0.2) is 11.1 Å². The second-order valence-electron chi connectivity index (χ2n) is 0.942. The van der Waals surface area contributed by atoms with Crippen LogP contribution < -0.4 is 0 Å². The van der Waals surface area contributed by atoms with E-state index in [1.165, 1.54) is 6.08 Å². The van der Waals surface area contributed by atoms with E-state index in [2.05, 4.69) is 0 Å². The maximum absolute atomic E-state index is 9.73. The average Bonchev–Trinajstić information content (AvgIpc) is 1.65. The highest BCUT2D eigenvalue weighted by Gasteiger charge is 1.96. The van der Waals surface area contributed by atoms with Crippen LogP contribution in [0.3, 0.4) is 0 Å². The Morgan fingerprint density at radius 2 is 2.29 bits per heavy atom. The van der Waals surface area contributed by atoms with E-state index in [4.69, 9.17) is 16.7 Å². The monoisotopic (exact) mass is 120 g/mol. The van der Waals surface area contributed by atoms with Crippen molar-refractivity contribution in [1.29, 1.82) is 0 Å². The van der Waals surface area contributed by atoms with Gasteiger partial charge in [0, 0.05) is 0 Å². The van der Waals surface area contributed by atoms with Gasteiger partial charge < -0.3 is 5.11 Å². The number of carboxylic acids is 1. The average molecular weight is 121 g/mol. The van der Waals surface area contributed by atoms with Gasteiger partial charge in [-0.2, -0.15) is 0 Å². The summed E-state index contributed by atoms with van der Waals surface area (Å²) in [5.74, 6) is -1.08. The molecule has 0 aromatic carbocycles. The van der Waals surface area contributed by atoms with Gasteiger partial charge in [-0.25, -0.2) is 4.79 Å². The minimum atomic E-state index is -1.08. The van der Waals surface area contributed by atoms with Crippen molar-refractivity contribution in [3.8, 4) is 0 Å². The molecule has 0 unspecified atom stereocenters. The molecule has 0 aliphatic carbocycles. The number of hydrogen-bond donors (Lipinski definition) is 1. The van der Waals surface area contributed by atoms with E-state index in [1.54, 1.807) is 6.92 Å². The molecule has 0 aromatic rings. The van der Waals surface area contributed by atoms with Crippen molar-refractivity contribution in [2.24, 2.45) is 0 Å². The third-order valence-electron chi connectivity index (χ3n) is 0.458. The highest BCUT2D eigenvalue weighted by atomic mass is 35.5. The lowest BCUT2D eigenvalue weighted by molar-refractivity contribution is -0.131. The molecule has 0 fully saturated rings. The molecule has 0 amide bonds. The molecule has 0 aromatic heterocycles. The zero-order valence-corrected chi connectivity index (χ0v) is 4.57. The SMILES string of the molecule is CC=C(Cl)C(=O)O. The number of carboxylic acid groups (broad SMARTS) is 1. The van der Waals surface area contributed by atoms with Crippen LogP contribution in [0.15, 0.2) is 11.1 Å². The summed E-state index contributed by atoms with van der Waals surface area (Å²) < 4.78 is 0. The van der Waals surface area contributed by atoms with Crippen LogP contribution in [0.25, 0.3) is 0 Å². The maximum Gasteiger partial charge on any atom is 0.346 e. The fourth-order valence-corrected chi connectivity index (χ4v) is 0.123. The highest BCUT2D eigenvalue weighted by Crippen LogP contribution is 1.97. The van der Waals surface area contributed by atoms with Crippen LogP contribution in [0, 0.1) is 0 Å². The molecular weight excluding hydrogens is 115 g/mol. The van der Waals surface area contributed by atoms with Crippen LogP contribution >= 0.6 is 11.6 Å². The Labute approximate surface area is 46.4 Å². The molecule has 0 radical (unpaired) electrons. The van der Waals surface area contributed by atoms with E-state index < -0.39 is 5.97 Å². The zero-order chi connectivity index (χ0) is 5.86. The number of rotatable bonds is 1. The Hall–Kier alpha value is -0.500. The van der Waals surface area contributed by atoms with Gasteiger partial charge >= 0.3 is 5.97 Å². The molecule has 0 saturated heterocycles. The summed E-state index contributed by atoms with van der Waals surface area (Å²) in [4.78, 5) is 9.73. The fraction of sp³-hybridized carbons (Fsp3) is 0.250. The Morgan fingerprint density at radius 3 is 2.29 bits per heavy atom. The van der Waals surface area contributed by atoms with Gasteiger partial charge in [0.15, 0.2) is 0 Å². The fourth-order valence-electron chi connectivity index (χ4n) is 0.123. The van der Waals surface area contributed by atoms with Gasteiger partial charge in [0.05, 0.1) is 0 Å². The lowest BCUT2D eigenvalue weighted by Crippen LogP contribution is -1.91. The van der Waals surface area contributed by atoms with Gasteiger partial charge in [-0.3, -0.25) is 0 Å². The summed E-state index contributed by atoms with van der Waals surface area (Å²) >= 11 is 5.06. The van der Waals surface area contributed by atoms with E-state index in [1.807, 2.05) is 0 Å². The molecule has 40 valence electrons. The summed E-state index contributed by atoms with van der Waals surface area (Å²) in [5.41, 5.74) is 0. The van der Waals surface area contributed by atoms with Gasteiger partial charge in [0.1, 0.15) is 5.03 Å². The predicted octanol–water partition coefficient (Wildman–Crippen LogP) is 1.21. The molecule has 0 heterocycles. The number of carbonyl (C=O) groups is 1. The van der Waals surface area contributed by atoms with Crippen molar-refractivity contribution < 1.29 is 9.90 Å². The van der Waals surface area contributed by atoms with Crippen LogP contribution in [0.4, 0.5) is 0 Å². The van der Waals surface area contributed by atoms with E-state index in [0.29, 0.717) is 0 Å². The summed E-state index contributed by atoms with van der Waals surface area (Å²) in [6, 6.07) is 0. The molecule has 0 spiro atoms. The number of allylic oxidation sites excluding steroid dienone is 1. The summed E-state index contributed by atoms with van der Waals surface area (Å²) in [5, 5.41) is 7.84. The van der Waals surface area contributed by atoms with Gasteiger partial charge in [-0.05, 0) is 6.92 Å². The normalized spacial score (nSPS) is 11.4. The van der Waals surface area contributed by atoms with E-state index in [-0.39, 0.29) is 5.03 Å². The second-order valence-corrected chi connectivity index (χ2v) is 1.35. The molecule has 7 heavy (non-hydrogen) atoms. The first-order valence-corrected chi connectivity index (χ1v) is 2.11. The summed E-state index contributed by atoms with van der Waals surface area (Å²) in [6.07, 6.45) is 1.32. The Balaban J connectivity index is 3.82. The number of hydrogen-bond acceptors (Lipinski definition) is 1. The Morgan fingerprint density at radius 1 is 1.86 bits per heavy atom. The largest absolute Gasteiger partial charge is 0.477 e. The van der Waals surface area contributed by atoms with Crippen LogP contribution in [0.1, 0.15) is 6.92 Å². The van der Waals surface area contributed by atoms with E-state index >= 15 is 0 Å². The van der Waals surface area contributed by atoms with Crippen molar-refractivity contribution in [2.75, 3.05) is 0 Å². The number of halogens is 1. The predicted molar refractivity (Wildman–Crippen MR) is 27.2 cm³/mol. The van der Waals surface area contributed by atoms with Crippen molar-refractivity contribution in [1.82, 2.24) is 0 Å². The van der Waals surface area contributed by atoms with Gasteiger partial charge in [0.25, 0.3) is 0 Å². The van der Waals surface area contributed by atoms with Crippen molar-refractivity contribution in [2.45, 2.75) is 6.92 Å². The molecular formula is C4H5ClO2. The smallest absolute Gasteiger partial charge is 0.346 e. The molecule has 0 atom stereocenters. The molecule has 0 saturated carbocycles. The van der Waals surface area contributed by atoms with E-state index in [9.17, 15) is 4.79 Å².